The number of ether oxygens (including phenoxy) is 1. The minimum atomic E-state index is -0.000845. The number of aliphatic hydroxyl groups excluding tert-OH is 2. The van der Waals surface area contributed by atoms with Crippen LogP contribution < -0.4 is 0 Å². The summed E-state index contributed by atoms with van der Waals surface area (Å²) in [5.74, 6) is 0. The molecule has 0 unspecified atom stereocenters. The number of piperazine rings is 1. The molecule has 2 rings (SSSR count). The van der Waals surface area contributed by atoms with Crippen molar-refractivity contribution in [1.82, 2.24) is 9.80 Å². The van der Waals surface area contributed by atoms with Crippen molar-refractivity contribution in [3.63, 3.8) is 0 Å². The maximum Gasteiger partial charge on any atom is 0.0579 e. The number of aliphatic hydroxyl groups is 2. The van der Waals surface area contributed by atoms with E-state index >= 15 is 0 Å². The van der Waals surface area contributed by atoms with Gasteiger partial charge < -0.3 is 14.9 Å². The largest absolute Gasteiger partial charge is 0.396 e. The van der Waals surface area contributed by atoms with Gasteiger partial charge in [0.25, 0.3) is 0 Å². The molecule has 2 heterocycles. The normalized spacial score (nSPS) is 26.6. The van der Waals surface area contributed by atoms with Gasteiger partial charge in [0.1, 0.15) is 0 Å². The highest BCUT2D eigenvalue weighted by atomic mass is 16.5. The summed E-state index contributed by atoms with van der Waals surface area (Å²) < 4.78 is 5.20. The number of hydrogen-bond acceptors (Lipinski definition) is 5. The lowest BCUT2D eigenvalue weighted by molar-refractivity contribution is -0.150. The summed E-state index contributed by atoms with van der Waals surface area (Å²) >= 11 is 0. The van der Waals surface area contributed by atoms with E-state index in [1.54, 1.807) is 0 Å². The lowest BCUT2D eigenvalue weighted by Crippen LogP contribution is -2.57. The zero-order valence-corrected chi connectivity index (χ0v) is 9.77. The van der Waals surface area contributed by atoms with Gasteiger partial charge in [-0.05, 0) is 0 Å². The summed E-state index contributed by atoms with van der Waals surface area (Å²) in [5, 5.41) is 18.2. The molecule has 0 amide bonds. The third-order valence-corrected chi connectivity index (χ3v) is 3.59. The van der Waals surface area contributed by atoms with E-state index in [2.05, 4.69) is 9.80 Å². The van der Waals surface area contributed by atoms with Crippen LogP contribution in [0.1, 0.15) is 0 Å². The molecule has 2 fully saturated rings. The van der Waals surface area contributed by atoms with Gasteiger partial charge in [0.2, 0.25) is 0 Å². The maximum absolute atomic E-state index is 9.35. The first-order valence-corrected chi connectivity index (χ1v) is 6.02. The zero-order valence-electron chi connectivity index (χ0n) is 9.77. The van der Waals surface area contributed by atoms with Crippen molar-refractivity contribution < 1.29 is 14.9 Å². The molecule has 0 saturated carbocycles. The SMILES string of the molecule is OCCN1CCN(CC2(CO)COC2)CC1. The molecule has 0 bridgehead atoms. The van der Waals surface area contributed by atoms with E-state index < -0.39 is 0 Å². The van der Waals surface area contributed by atoms with Crippen molar-refractivity contribution in [3.8, 4) is 0 Å². The van der Waals surface area contributed by atoms with Gasteiger partial charge in [0, 0.05) is 39.3 Å². The minimum absolute atomic E-state index is 0.000845. The molecule has 16 heavy (non-hydrogen) atoms. The Morgan fingerprint density at radius 1 is 1.00 bits per heavy atom. The summed E-state index contributed by atoms with van der Waals surface area (Å²) in [7, 11) is 0. The molecule has 0 aromatic rings. The monoisotopic (exact) mass is 230 g/mol. The smallest absolute Gasteiger partial charge is 0.0579 e. The van der Waals surface area contributed by atoms with E-state index in [1.807, 2.05) is 0 Å². The van der Waals surface area contributed by atoms with Gasteiger partial charge in [0.15, 0.2) is 0 Å². The second-order valence-corrected chi connectivity index (χ2v) is 4.99. The number of hydrogen-bond donors (Lipinski definition) is 2. The Hall–Kier alpha value is -0.200. The van der Waals surface area contributed by atoms with Crippen LogP contribution in [0, 0.1) is 5.41 Å². The van der Waals surface area contributed by atoms with Crippen LogP contribution in [0.2, 0.25) is 0 Å². The molecule has 5 nitrogen and oxygen atoms in total. The van der Waals surface area contributed by atoms with Gasteiger partial charge in [-0.3, -0.25) is 9.80 Å². The zero-order chi connectivity index (χ0) is 11.4. The van der Waals surface area contributed by atoms with Gasteiger partial charge in [-0.1, -0.05) is 0 Å². The summed E-state index contributed by atoms with van der Waals surface area (Å²) in [6.07, 6.45) is 0. The fourth-order valence-electron chi connectivity index (χ4n) is 2.41. The van der Waals surface area contributed by atoms with Crippen LogP contribution in [0.4, 0.5) is 0 Å². The Morgan fingerprint density at radius 3 is 2.06 bits per heavy atom. The average Bonchev–Trinajstić information content (AvgIpc) is 2.26. The molecule has 0 aromatic heterocycles. The van der Waals surface area contributed by atoms with Crippen LogP contribution in [0.3, 0.4) is 0 Å². The van der Waals surface area contributed by atoms with Crippen molar-refractivity contribution in [2.24, 2.45) is 5.41 Å². The van der Waals surface area contributed by atoms with Gasteiger partial charge in [0.05, 0.1) is 31.8 Å². The van der Waals surface area contributed by atoms with Crippen molar-refractivity contribution >= 4 is 0 Å². The van der Waals surface area contributed by atoms with Crippen LogP contribution in [-0.4, -0.2) is 85.7 Å². The third kappa shape index (κ3) is 2.73. The molecule has 2 N–H and O–H groups in total. The lowest BCUT2D eigenvalue weighted by Gasteiger charge is -2.45. The van der Waals surface area contributed by atoms with E-state index in [9.17, 15) is 5.11 Å². The molecular formula is C11H22N2O3. The molecule has 5 heteroatoms. The Balaban J connectivity index is 1.72. The van der Waals surface area contributed by atoms with Crippen molar-refractivity contribution in [2.45, 2.75) is 0 Å². The molecule has 2 aliphatic rings. The van der Waals surface area contributed by atoms with Gasteiger partial charge >= 0.3 is 0 Å². The molecule has 0 atom stereocenters. The van der Waals surface area contributed by atoms with Gasteiger partial charge in [-0.15, -0.1) is 0 Å². The average molecular weight is 230 g/mol. The molecule has 0 aliphatic carbocycles. The maximum atomic E-state index is 9.35. The molecule has 2 aliphatic heterocycles. The second-order valence-electron chi connectivity index (χ2n) is 4.99. The molecular weight excluding hydrogens is 208 g/mol. The van der Waals surface area contributed by atoms with Crippen LogP contribution in [0.5, 0.6) is 0 Å². The Bertz CT molecular complexity index is 208. The van der Waals surface area contributed by atoms with E-state index in [-0.39, 0.29) is 18.6 Å². The van der Waals surface area contributed by atoms with E-state index in [0.717, 1.165) is 39.3 Å². The van der Waals surface area contributed by atoms with Gasteiger partial charge in [-0.25, -0.2) is 0 Å². The summed E-state index contributed by atoms with van der Waals surface area (Å²) in [4.78, 5) is 4.67. The minimum Gasteiger partial charge on any atom is -0.396 e. The number of nitrogens with zero attached hydrogens (tertiary/aromatic N) is 2. The highest BCUT2D eigenvalue weighted by Crippen LogP contribution is 2.28. The molecule has 94 valence electrons. The first kappa shape index (κ1) is 12.3. The topological polar surface area (TPSA) is 56.2 Å². The predicted octanol–water partition coefficient (Wildman–Crippen LogP) is -1.39. The number of rotatable bonds is 5. The van der Waals surface area contributed by atoms with Crippen molar-refractivity contribution in [3.05, 3.63) is 0 Å². The van der Waals surface area contributed by atoms with E-state index in [4.69, 9.17) is 9.84 Å². The first-order chi connectivity index (χ1) is 7.78. The Labute approximate surface area is 96.6 Å². The molecule has 0 radical (unpaired) electrons. The van der Waals surface area contributed by atoms with Crippen LogP contribution in [0.25, 0.3) is 0 Å². The lowest BCUT2D eigenvalue weighted by atomic mass is 9.86. The highest BCUT2D eigenvalue weighted by molar-refractivity contribution is 4.89. The van der Waals surface area contributed by atoms with Crippen LogP contribution in [-0.2, 0) is 4.74 Å². The summed E-state index contributed by atoms with van der Waals surface area (Å²) in [5.41, 5.74) is -0.000845. The highest BCUT2D eigenvalue weighted by Gasteiger charge is 2.39. The predicted molar refractivity (Wildman–Crippen MR) is 60.3 cm³/mol. The third-order valence-electron chi connectivity index (χ3n) is 3.59. The molecule has 0 aromatic carbocycles. The van der Waals surface area contributed by atoms with Crippen LogP contribution >= 0.6 is 0 Å². The van der Waals surface area contributed by atoms with E-state index in [0.29, 0.717) is 13.2 Å². The second kappa shape index (κ2) is 5.42. The fourth-order valence-corrected chi connectivity index (χ4v) is 2.41. The molecule has 0 spiro atoms. The Morgan fingerprint density at radius 2 is 1.62 bits per heavy atom. The van der Waals surface area contributed by atoms with Crippen molar-refractivity contribution in [1.29, 1.82) is 0 Å². The fraction of sp³-hybridized carbons (Fsp3) is 1.00. The van der Waals surface area contributed by atoms with Crippen LogP contribution in [0.15, 0.2) is 0 Å². The standard InChI is InChI=1S/C11H22N2O3/c14-6-5-12-1-3-13(4-2-12)7-11(8-15)9-16-10-11/h14-15H,1-10H2. The molecule has 2 saturated heterocycles. The first-order valence-electron chi connectivity index (χ1n) is 6.02. The van der Waals surface area contributed by atoms with E-state index in [1.165, 1.54) is 0 Å². The Kier molecular flexibility index (Phi) is 4.16. The van der Waals surface area contributed by atoms with Gasteiger partial charge in [-0.2, -0.15) is 0 Å². The van der Waals surface area contributed by atoms with Crippen molar-refractivity contribution in [2.75, 3.05) is 65.7 Å². The number of β-amino-alcohol motifs (C(OH)–C–C–N with tert-alkyl or cyclic N) is 1. The summed E-state index contributed by atoms with van der Waals surface area (Å²) in [6, 6.07) is 0. The quantitative estimate of drug-likeness (QED) is 0.609. The summed E-state index contributed by atoms with van der Waals surface area (Å²) in [6.45, 7) is 7.67.